The first-order valence-electron chi connectivity index (χ1n) is 15.5. The lowest BCUT2D eigenvalue weighted by Gasteiger charge is -2.36. The third-order valence-corrected chi connectivity index (χ3v) is 9.71. The van der Waals surface area contributed by atoms with Crippen LogP contribution in [0.3, 0.4) is 0 Å². The molecule has 41 heavy (non-hydrogen) atoms. The van der Waals surface area contributed by atoms with Gasteiger partial charge in [-0.1, -0.05) is 61.7 Å². The fraction of sp³-hybridized carbons (Fsp3) is 0.588. The summed E-state index contributed by atoms with van der Waals surface area (Å²) in [6, 6.07) is 13.2. The van der Waals surface area contributed by atoms with E-state index >= 15 is 0 Å². The number of nitrogens with zero attached hydrogens (tertiary/aromatic N) is 2. The summed E-state index contributed by atoms with van der Waals surface area (Å²) in [4.78, 5) is 19.2. The Kier molecular flexibility index (Phi) is 9.08. The summed E-state index contributed by atoms with van der Waals surface area (Å²) in [6.07, 6.45) is 8.37. The molecule has 6 nitrogen and oxygen atoms in total. The minimum absolute atomic E-state index is 0.197. The lowest BCUT2D eigenvalue weighted by atomic mass is 9.70. The van der Waals surface area contributed by atoms with Crippen LogP contribution in [0.4, 0.5) is 0 Å². The van der Waals surface area contributed by atoms with Gasteiger partial charge in [-0.2, -0.15) is 0 Å². The Hall–Kier alpha value is -2.48. The standard InChI is InChI=1S/C34H47BN2O4/c1-7-27-18-29(14-15-30(27)21-37-19-26(20-37)22-38)24(2)36-39-23-25-13-16-31(28-11-9-8-10-12-28)32(17-25)35-40-33(3,4)34(5,6)41-35/h13-18,22,26,28H,7-12,19-21,23H2,1-6H3/b36-24+. The molecule has 1 saturated carbocycles. The summed E-state index contributed by atoms with van der Waals surface area (Å²) in [5.74, 6) is 0.749. The number of rotatable bonds is 10. The molecule has 2 aromatic carbocycles. The van der Waals surface area contributed by atoms with Crippen LogP contribution in [0.2, 0.25) is 0 Å². The molecule has 0 atom stereocenters. The van der Waals surface area contributed by atoms with Crippen LogP contribution >= 0.6 is 0 Å². The van der Waals surface area contributed by atoms with E-state index in [1.165, 1.54) is 48.8 Å². The van der Waals surface area contributed by atoms with Crippen molar-refractivity contribution in [2.24, 2.45) is 11.1 Å². The Balaban J connectivity index is 1.28. The number of hydrogen-bond acceptors (Lipinski definition) is 6. The van der Waals surface area contributed by atoms with Gasteiger partial charge in [0.05, 0.1) is 16.9 Å². The molecule has 0 N–H and O–H groups in total. The second-order valence-corrected chi connectivity index (χ2v) is 13.3. The molecule has 0 spiro atoms. The lowest BCUT2D eigenvalue weighted by molar-refractivity contribution is -0.115. The van der Waals surface area contributed by atoms with Gasteiger partial charge in [-0.3, -0.25) is 4.90 Å². The molecule has 7 heteroatoms. The third kappa shape index (κ3) is 6.63. The van der Waals surface area contributed by atoms with Crippen LogP contribution in [0.5, 0.6) is 0 Å². The number of aldehydes is 1. The van der Waals surface area contributed by atoms with Crippen molar-refractivity contribution in [3.05, 3.63) is 64.2 Å². The van der Waals surface area contributed by atoms with Crippen molar-refractivity contribution in [2.75, 3.05) is 13.1 Å². The van der Waals surface area contributed by atoms with E-state index in [0.29, 0.717) is 12.5 Å². The molecule has 0 bridgehead atoms. The molecule has 5 rings (SSSR count). The van der Waals surface area contributed by atoms with Crippen LogP contribution in [0, 0.1) is 5.92 Å². The second-order valence-electron chi connectivity index (χ2n) is 13.3. The molecule has 0 aromatic heterocycles. The largest absolute Gasteiger partial charge is 0.495 e. The number of oxime groups is 1. The van der Waals surface area contributed by atoms with Crippen LogP contribution in [0.15, 0.2) is 41.6 Å². The van der Waals surface area contributed by atoms with E-state index in [2.05, 4.69) is 81.1 Å². The van der Waals surface area contributed by atoms with Gasteiger partial charge in [0.15, 0.2) is 0 Å². The van der Waals surface area contributed by atoms with Crippen LogP contribution in [-0.2, 0) is 38.5 Å². The normalized spacial score (nSPS) is 21.6. The average Bonchev–Trinajstić information content (AvgIpc) is 3.17. The minimum atomic E-state index is -0.381. The van der Waals surface area contributed by atoms with Crippen LogP contribution in [0.1, 0.15) is 107 Å². The quantitative estimate of drug-likeness (QED) is 0.151. The van der Waals surface area contributed by atoms with Crippen molar-refractivity contribution in [3.8, 4) is 0 Å². The molecule has 2 saturated heterocycles. The molecule has 0 unspecified atom stereocenters. The Morgan fingerprint density at radius 1 is 1.02 bits per heavy atom. The molecule has 0 amide bonds. The summed E-state index contributed by atoms with van der Waals surface area (Å²) in [6.45, 7) is 15.6. The van der Waals surface area contributed by atoms with E-state index in [9.17, 15) is 4.79 Å². The van der Waals surface area contributed by atoms with Crippen LogP contribution in [-0.4, -0.2) is 48.3 Å². The topological polar surface area (TPSA) is 60.4 Å². The number of carbonyl (C=O) groups is 1. The molecule has 0 radical (unpaired) electrons. The Morgan fingerprint density at radius 2 is 1.73 bits per heavy atom. The van der Waals surface area contributed by atoms with E-state index < -0.39 is 0 Å². The molecule has 2 aromatic rings. The zero-order chi connectivity index (χ0) is 29.2. The maximum absolute atomic E-state index is 10.9. The summed E-state index contributed by atoms with van der Waals surface area (Å²) in [5, 5.41) is 4.49. The number of carbonyl (C=O) groups excluding carboxylic acids is 1. The van der Waals surface area contributed by atoms with Crippen molar-refractivity contribution in [1.29, 1.82) is 0 Å². The highest BCUT2D eigenvalue weighted by atomic mass is 16.7. The Bertz CT molecular complexity index is 1250. The van der Waals surface area contributed by atoms with Crippen molar-refractivity contribution in [3.63, 3.8) is 0 Å². The Morgan fingerprint density at radius 3 is 2.39 bits per heavy atom. The maximum Gasteiger partial charge on any atom is 0.495 e. The molecular formula is C34H47BN2O4. The van der Waals surface area contributed by atoms with Crippen molar-refractivity contribution >= 4 is 24.6 Å². The van der Waals surface area contributed by atoms with Gasteiger partial charge in [0, 0.05) is 25.6 Å². The number of hydrogen-bond donors (Lipinski definition) is 0. The van der Waals surface area contributed by atoms with Crippen molar-refractivity contribution < 1.29 is 18.9 Å². The second kappa shape index (κ2) is 12.4. The highest BCUT2D eigenvalue weighted by molar-refractivity contribution is 6.62. The summed E-state index contributed by atoms with van der Waals surface area (Å²) < 4.78 is 13.0. The highest BCUT2D eigenvalue weighted by Crippen LogP contribution is 2.38. The van der Waals surface area contributed by atoms with E-state index in [0.717, 1.165) is 54.6 Å². The molecule has 3 fully saturated rings. The molecule has 220 valence electrons. The fourth-order valence-corrected chi connectivity index (χ4v) is 6.33. The molecule has 2 aliphatic heterocycles. The Labute approximate surface area is 247 Å². The summed E-state index contributed by atoms with van der Waals surface area (Å²) in [5.41, 5.74) is 7.39. The summed E-state index contributed by atoms with van der Waals surface area (Å²) in [7, 11) is -0.381. The third-order valence-electron chi connectivity index (χ3n) is 9.71. The fourth-order valence-electron chi connectivity index (χ4n) is 6.33. The van der Waals surface area contributed by atoms with Gasteiger partial charge in [-0.05, 0) is 99.1 Å². The zero-order valence-corrected chi connectivity index (χ0v) is 25.9. The molecule has 2 heterocycles. The van der Waals surface area contributed by atoms with Gasteiger partial charge in [-0.25, -0.2) is 0 Å². The summed E-state index contributed by atoms with van der Waals surface area (Å²) >= 11 is 0. The average molecular weight is 559 g/mol. The number of likely N-dealkylation sites (tertiary alicyclic amines) is 1. The van der Waals surface area contributed by atoms with Gasteiger partial charge in [0.25, 0.3) is 0 Å². The monoisotopic (exact) mass is 558 g/mol. The minimum Gasteiger partial charge on any atom is -0.399 e. The molecule has 1 aliphatic carbocycles. The van der Waals surface area contributed by atoms with E-state index in [1.807, 2.05) is 6.92 Å². The van der Waals surface area contributed by atoms with E-state index in [-0.39, 0.29) is 24.2 Å². The predicted molar refractivity (Wildman–Crippen MR) is 166 cm³/mol. The zero-order valence-electron chi connectivity index (χ0n) is 25.9. The highest BCUT2D eigenvalue weighted by Gasteiger charge is 2.52. The van der Waals surface area contributed by atoms with Crippen molar-refractivity contribution in [1.82, 2.24) is 4.90 Å². The maximum atomic E-state index is 10.9. The lowest BCUT2D eigenvalue weighted by Crippen LogP contribution is -2.46. The SMILES string of the molecule is CCc1cc(/C(C)=N/OCc2ccc(C3CCCCC3)c(B3OC(C)(C)C(C)(C)O3)c2)ccc1CN1CC(C=O)C1. The van der Waals surface area contributed by atoms with Gasteiger partial charge in [-0.15, -0.1) is 0 Å². The number of benzene rings is 2. The first kappa shape index (κ1) is 30.0. The van der Waals surface area contributed by atoms with Gasteiger partial charge < -0.3 is 18.9 Å². The number of aryl methyl sites for hydroxylation is 1. The van der Waals surface area contributed by atoms with Gasteiger partial charge in [0.1, 0.15) is 12.9 Å². The molecular weight excluding hydrogens is 511 g/mol. The predicted octanol–water partition coefficient (Wildman–Crippen LogP) is 6.17. The first-order valence-corrected chi connectivity index (χ1v) is 15.5. The smallest absolute Gasteiger partial charge is 0.399 e. The van der Waals surface area contributed by atoms with Crippen molar-refractivity contribution in [2.45, 2.75) is 110 Å². The first-order chi connectivity index (χ1) is 19.6. The van der Waals surface area contributed by atoms with Gasteiger partial charge in [0.2, 0.25) is 0 Å². The van der Waals surface area contributed by atoms with E-state index in [4.69, 9.17) is 14.1 Å². The van der Waals surface area contributed by atoms with Crippen LogP contribution in [0.25, 0.3) is 0 Å². The molecule has 3 aliphatic rings. The van der Waals surface area contributed by atoms with E-state index in [1.54, 1.807) is 0 Å². The van der Waals surface area contributed by atoms with Gasteiger partial charge >= 0.3 is 7.12 Å². The van der Waals surface area contributed by atoms with Crippen LogP contribution < -0.4 is 5.46 Å².